The lowest BCUT2D eigenvalue weighted by atomic mass is 10.0. The summed E-state index contributed by atoms with van der Waals surface area (Å²) in [7, 11) is 0. The molecule has 0 bridgehead atoms. The van der Waals surface area contributed by atoms with E-state index in [1.807, 2.05) is 19.1 Å². The van der Waals surface area contributed by atoms with E-state index in [9.17, 15) is 14.0 Å². The van der Waals surface area contributed by atoms with Crippen LogP contribution in [0.25, 0.3) is 11.3 Å². The number of anilines is 1. The zero-order valence-corrected chi connectivity index (χ0v) is 18.1. The predicted molar refractivity (Wildman–Crippen MR) is 120 cm³/mol. The molecule has 0 saturated carbocycles. The molecule has 1 aliphatic heterocycles. The van der Waals surface area contributed by atoms with Gasteiger partial charge in [0.2, 0.25) is 0 Å². The van der Waals surface area contributed by atoms with Gasteiger partial charge in [-0.3, -0.25) is 9.48 Å². The number of nitrogens with one attached hydrogen (secondary N) is 1. The molecule has 2 heterocycles. The molecule has 8 nitrogen and oxygen atoms in total. The summed E-state index contributed by atoms with van der Waals surface area (Å²) in [6.45, 7) is 3.27. The minimum absolute atomic E-state index is 0.0826. The average molecular weight is 457 g/mol. The topological polar surface area (TPSA) is 119 Å². The first-order chi connectivity index (χ1) is 15.3. The van der Waals surface area contributed by atoms with Gasteiger partial charge in [0.1, 0.15) is 11.5 Å². The van der Waals surface area contributed by atoms with Crippen LogP contribution in [0.2, 0.25) is 5.02 Å². The Morgan fingerprint density at radius 2 is 2.00 bits per heavy atom. The molecule has 0 saturated heterocycles. The summed E-state index contributed by atoms with van der Waals surface area (Å²) < 4.78 is 15.2. The molecule has 5 N–H and O–H groups in total. The number of carbonyl (C=O) groups excluding carboxylic acids is 2. The molecule has 0 unspecified atom stereocenters. The third-order valence-corrected chi connectivity index (χ3v) is 5.81. The third-order valence-electron chi connectivity index (χ3n) is 5.52. The zero-order chi connectivity index (χ0) is 23.0. The van der Waals surface area contributed by atoms with E-state index in [1.165, 1.54) is 18.2 Å². The summed E-state index contributed by atoms with van der Waals surface area (Å²) in [5.41, 5.74) is 15.5. The molecule has 166 valence electrons. The van der Waals surface area contributed by atoms with Crippen LogP contribution in [0, 0.1) is 12.7 Å². The number of benzene rings is 2. The van der Waals surface area contributed by atoms with Gasteiger partial charge in [-0.15, -0.1) is 0 Å². The quantitative estimate of drug-likeness (QED) is 0.558. The maximum Gasteiger partial charge on any atom is 0.322 e. The molecule has 2 aromatic carbocycles. The van der Waals surface area contributed by atoms with Gasteiger partial charge in [-0.1, -0.05) is 17.7 Å². The fraction of sp³-hybridized carbons (Fsp3) is 0.227. The number of nitrogens with zero attached hydrogens (tertiary/aromatic N) is 3. The number of hydrogen-bond acceptors (Lipinski definition) is 4. The lowest BCUT2D eigenvalue weighted by Crippen LogP contribution is -2.41. The van der Waals surface area contributed by atoms with E-state index >= 15 is 0 Å². The van der Waals surface area contributed by atoms with Crippen molar-refractivity contribution in [3.63, 3.8) is 0 Å². The van der Waals surface area contributed by atoms with Crippen molar-refractivity contribution >= 4 is 29.2 Å². The van der Waals surface area contributed by atoms with Gasteiger partial charge in [0, 0.05) is 24.3 Å². The van der Waals surface area contributed by atoms with Gasteiger partial charge in [0.25, 0.3) is 5.91 Å². The van der Waals surface area contributed by atoms with Crippen LogP contribution in [0.1, 0.15) is 27.2 Å². The number of urea groups is 1. The third kappa shape index (κ3) is 4.04. The number of nitrogens with two attached hydrogens (primary N) is 2. The highest BCUT2D eigenvalue weighted by molar-refractivity contribution is 6.31. The molecule has 0 radical (unpaired) electrons. The van der Waals surface area contributed by atoms with Crippen molar-refractivity contribution in [2.24, 2.45) is 11.5 Å². The highest BCUT2D eigenvalue weighted by Crippen LogP contribution is 2.30. The molecule has 3 amide bonds. The Bertz CT molecular complexity index is 1230. The van der Waals surface area contributed by atoms with E-state index in [4.69, 9.17) is 23.1 Å². The second-order valence-corrected chi connectivity index (χ2v) is 7.99. The zero-order valence-electron chi connectivity index (χ0n) is 17.4. The smallest absolute Gasteiger partial charge is 0.322 e. The Morgan fingerprint density at radius 3 is 2.66 bits per heavy atom. The first kappa shape index (κ1) is 21.8. The number of hydrogen-bond donors (Lipinski definition) is 3. The van der Waals surface area contributed by atoms with E-state index in [0.717, 1.165) is 11.1 Å². The number of amides is 3. The Balaban J connectivity index is 1.61. The number of carbonyl (C=O) groups is 2. The van der Waals surface area contributed by atoms with Gasteiger partial charge >= 0.3 is 6.03 Å². The van der Waals surface area contributed by atoms with Crippen LogP contribution in [0.4, 0.5) is 14.9 Å². The second kappa shape index (κ2) is 8.60. The second-order valence-electron chi connectivity index (χ2n) is 7.58. The monoisotopic (exact) mass is 456 g/mol. The van der Waals surface area contributed by atoms with Gasteiger partial charge in [-0.05, 0) is 48.4 Å². The number of halogens is 2. The van der Waals surface area contributed by atoms with Gasteiger partial charge in [-0.2, -0.15) is 5.10 Å². The van der Waals surface area contributed by atoms with Gasteiger partial charge in [0.05, 0.1) is 29.4 Å². The molecule has 4 rings (SSSR count). The minimum Gasteiger partial charge on any atom is -0.365 e. The fourth-order valence-corrected chi connectivity index (χ4v) is 3.98. The molecular formula is C22H22ClFN6O2. The van der Waals surface area contributed by atoms with Crippen molar-refractivity contribution in [3.05, 3.63) is 69.6 Å². The molecule has 0 aliphatic carbocycles. The standard InChI is InChI=1S/C22H22ClFN6O2/c1-12-8-15(4-2-14(12)10-25)27-22(32)29-6-7-30-18(11-29)19(21(26)31)20(28-30)13-3-5-17(24)16(23)9-13/h2-5,8-9H,6-7,10-11,25H2,1H3,(H2,26,31)(H,27,32). The summed E-state index contributed by atoms with van der Waals surface area (Å²) in [6, 6.07) is 9.32. The number of aryl methyl sites for hydroxylation is 1. The number of rotatable bonds is 4. The van der Waals surface area contributed by atoms with Crippen LogP contribution >= 0.6 is 11.6 Å². The molecular weight excluding hydrogens is 435 g/mol. The molecule has 1 aliphatic rings. The molecule has 1 aromatic heterocycles. The van der Waals surface area contributed by atoms with Crippen LogP contribution in [0.3, 0.4) is 0 Å². The number of fused-ring (bicyclic) bond motifs is 1. The highest BCUT2D eigenvalue weighted by Gasteiger charge is 2.30. The Morgan fingerprint density at radius 1 is 1.22 bits per heavy atom. The average Bonchev–Trinajstić information content (AvgIpc) is 3.14. The molecule has 3 aromatic rings. The molecule has 32 heavy (non-hydrogen) atoms. The van der Waals surface area contributed by atoms with Gasteiger partial charge in [0.15, 0.2) is 0 Å². The Labute approximate surface area is 188 Å². The summed E-state index contributed by atoms with van der Waals surface area (Å²) in [6.07, 6.45) is 0. The van der Waals surface area contributed by atoms with Gasteiger partial charge < -0.3 is 21.7 Å². The van der Waals surface area contributed by atoms with Crippen molar-refractivity contribution in [1.29, 1.82) is 0 Å². The van der Waals surface area contributed by atoms with E-state index in [0.29, 0.717) is 42.3 Å². The molecule has 0 spiro atoms. The van der Waals surface area contributed by atoms with Crippen LogP contribution in [0.5, 0.6) is 0 Å². The van der Waals surface area contributed by atoms with Crippen molar-refractivity contribution in [3.8, 4) is 11.3 Å². The minimum atomic E-state index is -0.683. The maximum absolute atomic E-state index is 13.6. The van der Waals surface area contributed by atoms with Gasteiger partial charge in [-0.25, -0.2) is 9.18 Å². The molecule has 0 fully saturated rings. The van der Waals surface area contributed by atoms with Crippen LogP contribution < -0.4 is 16.8 Å². The first-order valence-electron chi connectivity index (χ1n) is 9.99. The van der Waals surface area contributed by atoms with Crippen molar-refractivity contribution < 1.29 is 14.0 Å². The van der Waals surface area contributed by atoms with Crippen LogP contribution in [-0.2, 0) is 19.6 Å². The Hall–Kier alpha value is -3.43. The predicted octanol–water partition coefficient (Wildman–Crippen LogP) is 3.26. The van der Waals surface area contributed by atoms with Crippen LogP contribution in [0.15, 0.2) is 36.4 Å². The summed E-state index contributed by atoms with van der Waals surface area (Å²) in [5.74, 6) is -1.26. The van der Waals surface area contributed by atoms with E-state index in [1.54, 1.807) is 15.6 Å². The lowest BCUT2D eigenvalue weighted by Gasteiger charge is -2.28. The van der Waals surface area contributed by atoms with Crippen molar-refractivity contribution in [2.45, 2.75) is 26.6 Å². The number of aromatic nitrogens is 2. The first-order valence-corrected chi connectivity index (χ1v) is 10.4. The maximum atomic E-state index is 13.6. The largest absolute Gasteiger partial charge is 0.365 e. The number of primary amides is 1. The van der Waals surface area contributed by atoms with Crippen LogP contribution in [-0.4, -0.2) is 33.2 Å². The summed E-state index contributed by atoms with van der Waals surface area (Å²) in [5, 5.41) is 7.28. The Kier molecular flexibility index (Phi) is 5.86. The van der Waals surface area contributed by atoms with E-state index < -0.39 is 11.7 Å². The summed E-state index contributed by atoms with van der Waals surface area (Å²) >= 11 is 5.90. The van der Waals surface area contributed by atoms with Crippen molar-refractivity contribution in [1.82, 2.24) is 14.7 Å². The lowest BCUT2D eigenvalue weighted by molar-refractivity contribution is 0.0997. The highest BCUT2D eigenvalue weighted by atomic mass is 35.5. The molecule has 10 heteroatoms. The fourth-order valence-electron chi connectivity index (χ4n) is 3.80. The van der Waals surface area contributed by atoms with E-state index in [-0.39, 0.29) is 23.2 Å². The molecule has 0 atom stereocenters. The van der Waals surface area contributed by atoms with Crippen molar-refractivity contribution in [2.75, 3.05) is 11.9 Å². The van der Waals surface area contributed by atoms with E-state index in [2.05, 4.69) is 10.4 Å². The summed E-state index contributed by atoms with van der Waals surface area (Å²) in [4.78, 5) is 26.7. The normalized spacial score (nSPS) is 13.1. The SMILES string of the molecule is Cc1cc(NC(=O)N2CCn3nc(-c4ccc(F)c(Cl)c4)c(C(N)=O)c3C2)ccc1CN.